The summed E-state index contributed by atoms with van der Waals surface area (Å²) in [6, 6.07) is 11.6. The van der Waals surface area contributed by atoms with E-state index in [4.69, 9.17) is 16.3 Å². The zero-order valence-electron chi connectivity index (χ0n) is 18.4. The number of sulfonamides is 1. The third-order valence-electron chi connectivity index (χ3n) is 5.50. The molecule has 1 aliphatic heterocycles. The lowest BCUT2D eigenvalue weighted by molar-refractivity contribution is -0.126. The maximum Gasteiger partial charge on any atom is 0.338 e. The van der Waals surface area contributed by atoms with Gasteiger partial charge in [-0.05, 0) is 49.6 Å². The van der Waals surface area contributed by atoms with Crippen LogP contribution in [0.4, 0.5) is 5.69 Å². The molecule has 0 radical (unpaired) electrons. The van der Waals surface area contributed by atoms with Crippen LogP contribution in [0.1, 0.15) is 43.1 Å². The number of aryl methyl sites for hydroxylation is 1. The molecule has 172 valence electrons. The number of hydrogen-bond acceptors (Lipinski definition) is 5. The van der Waals surface area contributed by atoms with Crippen LogP contribution in [0, 0.1) is 0 Å². The smallest absolute Gasteiger partial charge is 0.338 e. The van der Waals surface area contributed by atoms with Gasteiger partial charge < -0.3 is 9.64 Å². The fourth-order valence-corrected chi connectivity index (χ4v) is 5.75. The summed E-state index contributed by atoms with van der Waals surface area (Å²) in [6.07, 6.45) is 0.683. The number of para-hydroxylation sites is 1. The molecule has 0 saturated carbocycles. The minimum atomic E-state index is -3.86. The fraction of sp³-hybridized carbons (Fsp3) is 0.391. The molecule has 0 aromatic heterocycles. The highest BCUT2D eigenvalue weighted by Gasteiger charge is 2.30. The van der Waals surface area contributed by atoms with E-state index >= 15 is 0 Å². The Morgan fingerprint density at radius 1 is 1.16 bits per heavy atom. The van der Waals surface area contributed by atoms with E-state index in [-0.39, 0.29) is 34.5 Å². The van der Waals surface area contributed by atoms with Crippen LogP contribution in [0.5, 0.6) is 0 Å². The molecule has 1 heterocycles. The molecule has 1 amide bonds. The minimum Gasteiger partial charge on any atom is -0.449 e. The van der Waals surface area contributed by atoms with Crippen LogP contribution < -0.4 is 4.90 Å². The number of rotatable bonds is 7. The molecule has 2 aromatic carbocycles. The van der Waals surface area contributed by atoms with Crippen molar-refractivity contribution in [2.75, 3.05) is 24.5 Å². The van der Waals surface area contributed by atoms with E-state index in [1.807, 2.05) is 24.3 Å². The Balaban J connectivity index is 1.80. The van der Waals surface area contributed by atoms with Gasteiger partial charge in [0.15, 0.2) is 6.10 Å². The molecule has 7 nitrogen and oxygen atoms in total. The molecular formula is C23H27ClN2O5S. The Kier molecular flexibility index (Phi) is 7.59. The summed E-state index contributed by atoms with van der Waals surface area (Å²) < 4.78 is 32.4. The van der Waals surface area contributed by atoms with Gasteiger partial charge in [0.2, 0.25) is 10.0 Å². The number of benzene rings is 2. The molecule has 0 spiro atoms. The lowest BCUT2D eigenvalue weighted by Crippen LogP contribution is -2.42. The third kappa shape index (κ3) is 4.82. The molecule has 0 unspecified atom stereocenters. The van der Waals surface area contributed by atoms with E-state index in [2.05, 4.69) is 0 Å². The van der Waals surface area contributed by atoms with Crippen molar-refractivity contribution < 1.29 is 22.7 Å². The molecule has 3 rings (SSSR count). The van der Waals surface area contributed by atoms with Gasteiger partial charge in [-0.1, -0.05) is 43.6 Å². The van der Waals surface area contributed by atoms with Gasteiger partial charge in [-0.2, -0.15) is 4.31 Å². The SMILES string of the molecule is CCN(CC)S(=O)(=O)c1cc(C(=O)O[C@H](C)C(=O)N2CCCc3ccccc32)ccc1Cl. The summed E-state index contributed by atoms with van der Waals surface area (Å²) >= 11 is 6.13. The molecule has 32 heavy (non-hydrogen) atoms. The van der Waals surface area contributed by atoms with Gasteiger partial charge in [-0.15, -0.1) is 0 Å². The maximum atomic E-state index is 13.0. The van der Waals surface area contributed by atoms with Crippen LogP contribution in [0.3, 0.4) is 0 Å². The van der Waals surface area contributed by atoms with Gasteiger partial charge in [0.1, 0.15) is 4.90 Å². The summed E-state index contributed by atoms with van der Waals surface area (Å²) in [4.78, 5) is 27.2. The second-order valence-corrected chi connectivity index (χ2v) is 9.82. The van der Waals surface area contributed by atoms with Gasteiger partial charge >= 0.3 is 5.97 Å². The fourth-order valence-electron chi connectivity index (χ4n) is 3.79. The lowest BCUT2D eigenvalue weighted by Gasteiger charge is -2.31. The number of ether oxygens (including phenoxy) is 1. The van der Waals surface area contributed by atoms with Crippen LogP contribution >= 0.6 is 11.6 Å². The molecule has 0 N–H and O–H groups in total. The van der Waals surface area contributed by atoms with Crippen molar-refractivity contribution in [2.24, 2.45) is 0 Å². The summed E-state index contributed by atoms with van der Waals surface area (Å²) in [5, 5.41) is 0.0162. The summed E-state index contributed by atoms with van der Waals surface area (Å²) in [6.45, 7) is 6.05. The largest absolute Gasteiger partial charge is 0.449 e. The van der Waals surface area contributed by atoms with Crippen LogP contribution in [-0.2, 0) is 26.0 Å². The number of halogens is 1. The molecule has 0 saturated heterocycles. The van der Waals surface area contributed by atoms with E-state index < -0.39 is 22.1 Å². The number of anilines is 1. The summed E-state index contributed by atoms with van der Waals surface area (Å²) in [7, 11) is -3.86. The van der Waals surface area contributed by atoms with E-state index in [0.29, 0.717) is 6.54 Å². The molecular weight excluding hydrogens is 452 g/mol. The van der Waals surface area contributed by atoms with Crippen molar-refractivity contribution in [3.8, 4) is 0 Å². The van der Waals surface area contributed by atoms with Gasteiger partial charge in [-0.3, -0.25) is 4.79 Å². The summed E-state index contributed by atoms with van der Waals surface area (Å²) in [5.41, 5.74) is 1.92. The predicted molar refractivity (Wildman–Crippen MR) is 124 cm³/mol. The van der Waals surface area contributed by atoms with Crippen molar-refractivity contribution in [1.29, 1.82) is 0 Å². The van der Waals surface area contributed by atoms with Gasteiger partial charge in [0, 0.05) is 25.3 Å². The highest BCUT2D eigenvalue weighted by atomic mass is 35.5. The van der Waals surface area contributed by atoms with Crippen molar-refractivity contribution in [1.82, 2.24) is 4.31 Å². The highest BCUT2D eigenvalue weighted by Crippen LogP contribution is 2.29. The van der Waals surface area contributed by atoms with E-state index in [1.54, 1.807) is 18.7 Å². The molecule has 0 bridgehead atoms. The minimum absolute atomic E-state index is 0.0128. The zero-order chi connectivity index (χ0) is 23.5. The second kappa shape index (κ2) is 10.0. The van der Waals surface area contributed by atoms with E-state index in [9.17, 15) is 18.0 Å². The van der Waals surface area contributed by atoms with Crippen LogP contribution in [0.25, 0.3) is 0 Å². The number of carbonyl (C=O) groups excluding carboxylic acids is 2. The molecule has 1 atom stereocenters. The first-order valence-corrected chi connectivity index (χ1v) is 12.4. The number of carbonyl (C=O) groups is 2. The second-order valence-electron chi connectivity index (χ2n) is 7.50. The number of hydrogen-bond donors (Lipinski definition) is 0. The first-order valence-electron chi connectivity index (χ1n) is 10.6. The number of esters is 1. The van der Waals surface area contributed by atoms with Gasteiger partial charge in [0.05, 0.1) is 10.6 Å². The Bertz CT molecular complexity index is 1120. The van der Waals surface area contributed by atoms with Gasteiger partial charge in [0.25, 0.3) is 5.91 Å². The molecule has 0 aliphatic carbocycles. The molecule has 9 heteroatoms. The van der Waals surface area contributed by atoms with E-state index in [1.165, 1.54) is 29.4 Å². The predicted octanol–water partition coefficient (Wildman–Crippen LogP) is 3.90. The average molecular weight is 479 g/mol. The number of amides is 1. The quantitative estimate of drug-likeness (QED) is 0.563. The van der Waals surface area contributed by atoms with Crippen molar-refractivity contribution in [3.63, 3.8) is 0 Å². The maximum absolute atomic E-state index is 13.0. The number of fused-ring (bicyclic) bond motifs is 1. The van der Waals surface area contributed by atoms with Crippen molar-refractivity contribution in [2.45, 2.75) is 44.6 Å². The molecule has 2 aromatic rings. The first kappa shape index (κ1) is 24.2. The van der Waals surface area contributed by atoms with Crippen LogP contribution in [0.15, 0.2) is 47.4 Å². The highest BCUT2D eigenvalue weighted by molar-refractivity contribution is 7.89. The van der Waals surface area contributed by atoms with E-state index in [0.717, 1.165) is 24.1 Å². The Morgan fingerprint density at radius 3 is 2.53 bits per heavy atom. The Morgan fingerprint density at radius 2 is 1.84 bits per heavy atom. The average Bonchev–Trinajstić information content (AvgIpc) is 2.78. The van der Waals surface area contributed by atoms with Crippen LogP contribution in [-0.4, -0.2) is 50.3 Å². The zero-order valence-corrected chi connectivity index (χ0v) is 19.9. The molecule has 0 fully saturated rings. The molecule has 1 aliphatic rings. The normalized spacial score (nSPS) is 14.7. The first-order chi connectivity index (χ1) is 15.2. The lowest BCUT2D eigenvalue weighted by atomic mass is 10.0. The monoisotopic (exact) mass is 478 g/mol. The topological polar surface area (TPSA) is 84.0 Å². The third-order valence-corrected chi connectivity index (χ3v) is 8.03. The standard InChI is InChI=1S/C23H27ClN2O5S/c1-4-25(5-2)32(29,30)21-15-18(12-13-19(21)24)23(28)31-16(3)22(27)26-14-8-10-17-9-6-7-11-20(17)26/h6-7,9,11-13,15-16H,4-5,8,10,14H2,1-3H3/t16-/m1/s1. The Labute approximate surface area is 194 Å². The summed E-state index contributed by atoms with van der Waals surface area (Å²) in [5.74, 6) is -1.11. The van der Waals surface area contributed by atoms with Crippen molar-refractivity contribution >= 4 is 39.2 Å². The number of nitrogens with zero attached hydrogens (tertiary/aromatic N) is 2. The van der Waals surface area contributed by atoms with Crippen LogP contribution in [0.2, 0.25) is 5.02 Å². The van der Waals surface area contributed by atoms with Crippen molar-refractivity contribution in [3.05, 3.63) is 58.6 Å². The van der Waals surface area contributed by atoms with Gasteiger partial charge in [-0.25, -0.2) is 13.2 Å². The Hall–Kier alpha value is -2.42.